The number of hydrogen-bond donors (Lipinski definition) is 5. The highest BCUT2D eigenvalue weighted by atomic mass is 32.2. The van der Waals surface area contributed by atoms with Gasteiger partial charge in [-0.05, 0) is 43.9 Å². The standard InChI is InChI=1S/C22H25F3N4O5S/c1-13(21(31)32)29-35(33,34)17-7-4-6-16(19(17)22(23,24)25)28-18(30)8-3-2-5-14-9-11-15(12-10-14)20(26)27/h4,6-7,9-13,29H,2-3,5,8H2,1H3,(H3,26,27)(H,28,30)(H,31,32)/t13-/m0/s1. The van der Waals surface area contributed by atoms with Crippen LogP contribution >= 0.6 is 0 Å². The van der Waals surface area contributed by atoms with Gasteiger partial charge in [0.05, 0.1) is 16.1 Å². The molecule has 0 unspecified atom stereocenters. The summed E-state index contributed by atoms with van der Waals surface area (Å²) in [5.74, 6) is -2.36. The molecule has 13 heteroatoms. The number of nitrogen functional groups attached to an aromatic ring is 1. The van der Waals surface area contributed by atoms with Crippen molar-refractivity contribution < 1.29 is 36.3 Å². The van der Waals surface area contributed by atoms with Crippen molar-refractivity contribution in [3.05, 3.63) is 59.2 Å². The molecule has 0 fully saturated rings. The fourth-order valence-corrected chi connectivity index (χ4v) is 4.62. The lowest BCUT2D eigenvalue weighted by Crippen LogP contribution is -2.39. The highest BCUT2D eigenvalue weighted by molar-refractivity contribution is 7.89. The zero-order valence-corrected chi connectivity index (χ0v) is 19.5. The van der Waals surface area contributed by atoms with Crippen molar-refractivity contribution >= 4 is 33.4 Å². The van der Waals surface area contributed by atoms with Gasteiger partial charge >= 0.3 is 12.1 Å². The van der Waals surface area contributed by atoms with Crippen LogP contribution in [0, 0.1) is 5.41 Å². The number of carbonyl (C=O) groups excluding carboxylic acids is 1. The molecule has 0 radical (unpaired) electrons. The van der Waals surface area contributed by atoms with Gasteiger partial charge in [0, 0.05) is 12.0 Å². The van der Waals surface area contributed by atoms with E-state index < -0.39 is 50.3 Å². The fraction of sp³-hybridized carbons (Fsp3) is 0.318. The minimum atomic E-state index is -5.15. The van der Waals surface area contributed by atoms with E-state index in [1.807, 2.05) is 0 Å². The predicted octanol–water partition coefficient (Wildman–Crippen LogP) is 3.09. The quantitative estimate of drug-likeness (QED) is 0.176. The van der Waals surface area contributed by atoms with Crippen LogP contribution in [0.1, 0.15) is 42.9 Å². The number of rotatable bonds is 11. The van der Waals surface area contributed by atoms with E-state index in [9.17, 15) is 31.2 Å². The lowest BCUT2D eigenvalue weighted by atomic mass is 10.0. The fourth-order valence-electron chi connectivity index (χ4n) is 3.18. The van der Waals surface area contributed by atoms with Crippen LogP contribution in [0.3, 0.4) is 0 Å². The summed E-state index contributed by atoms with van der Waals surface area (Å²) in [5, 5.41) is 18.4. The number of aryl methyl sites for hydroxylation is 1. The molecule has 0 spiro atoms. The van der Waals surface area contributed by atoms with Crippen LogP contribution in [0.4, 0.5) is 18.9 Å². The number of unbranched alkanes of at least 4 members (excludes halogenated alkanes) is 1. The Morgan fingerprint density at radius 1 is 1.11 bits per heavy atom. The number of sulfonamides is 1. The summed E-state index contributed by atoms with van der Waals surface area (Å²) < 4.78 is 67.9. The zero-order valence-electron chi connectivity index (χ0n) is 18.6. The molecule has 35 heavy (non-hydrogen) atoms. The molecule has 0 aliphatic heterocycles. The van der Waals surface area contributed by atoms with Gasteiger partial charge in [0.2, 0.25) is 15.9 Å². The van der Waals surface area contributed by atoms with Gasteiger partial charge in [0.1, 0.15) is 11.9 Å². The van der Waals surface area contributed by atoms with Gasteiger partial charge in [-0.25, -0.2) is 8.42 Å². The van der Waals surface area contributed by atoms with Gasteiger partial charge in [-0.2, -0.15) is 17.9 Å². The first kappa shape index (κ1) is 27.8. The molecule has 2 aromatic rings. The highest BCUT2D eigenvalue weighted by Gasteiger charge is 2.40. The van der Waals surface area contributed by atoms with Gasteiger partial charge in [0.25, 0.3) is 0 Å². The maximum atomic E-state index is 13.8. The minimum Gasteiger partial charge on any atom is -0.480 e. The highest BCUT2D eigenvalue weighted by Crippen LogP contribution is 2.39. The van der Waals surface area contributed by atoms with E-state index in [-0.39, 0.29) is 12.3 Å². The molecule has 1 atom stereocenters. The Morgan fingerprint density at radius 2 is 1.74 bits per heavy atom. The molecule has 1 amide bonds. The number of aliphatic carboxylic acids is 1. The van der Waals surface area contributed by atoms with E-state index >= 15 is 0 Å². The summed E-state index contributed by atoms with van der Waals surface area (Å²) in [6.07, 6.45) is -3.73. The van der Waals surface area contributed by atoms with Crippen LogP contribution in [0.15, 0.2) is 47.4 Å². The van der Waals surface area contributed by atoms with Crippen molar-refractivity contribution in [3.8, 4) is 0 Å². The monoisotopic (exact) mass is 514 g/mol. The molecule has 190 valence electrons. The summed E-state index contributed by atoms with van der Waals surface area (Å²) in [5.41, 5.74) is 4.57. The Kier molecular flexibility index (Phi) is 8.99. The number of alkyl halides is 3. The number of carboxylic acids is 1. The number of carboxylic acid groups (broad SMARTS) is 1. The average molecular weight is 515 g/mol. The van der Waals surface area contributed by atoms with E-state index in [1.165, 1.54) is 0 Å². The molecule has 0 saturated heterocycles. The van der Waals surface area contributed by atoms with Crippen molar-refractivity contribution in [2.45, 2.75) is 49.7 Å². The second-order valence-corrected chi connectivity index (χ2v) is 9.41. The summed E-state index contributed by atoms with van der Waals surface area (Å²) >= 11 is 0. The van der Waals surface area contributed by atoms with E-state index in [0.717, 1.165) is 24.6 Å². The van der Waals surface area contributed by atoms with Crippen LogP contribution in [-0.4, -0.2) is 37.3 Å². The zero-order chi connectivity index (χ0) is 26.4. The number of halogens is 3. The normalized spacial score (nSPS) is 12.7. The number of amides is 1. The third kappa shape index (κ3) is 7.79. The SMILES string of the molecule is C[C@H](NS(=O)(=O)c1cccc(NC(=O)CCCCc2ccc(C(=N)N)cc2)c1C(F)(F)F)C(=O)O. The van der Waals surface area contributed by atoms with Gasteiger partial charge < -0.3 is 16.2 Å². The topological polar surface area (TPSA) is 162 Å². The Labute approximate surface area is 200 Å². The first-order chi connectivity index (χ1) is 16.2. The summed E-state index contributed by atoms with van der Waals surface area (Å²) in [6, 6.07) is 7.93. The second-order valence-electron chi connectivity index (χ2n) is 7.72. The van der Waals surface area contributed by atoms with E-state index in [4.69, 9.17) is 16.2 Å². The first-order valence-corrected chi connectivity index (χ1v) is 11.9. The minimum absolute atomic E-state index is 0.0597. The Bertz CT molecular complexity index is 1200. The molecular weight excluding hydrogens is 489 g/mol. The lowest BCUT2D eigenvalue weighted by Gasteiger charge is -2.19. The Balaban J connectivity index is 2.10. The summed E-state index contributed by atoms with van der Waals surface area (Å²) in [4.78, 5) is 22.0. The molecule has 0 saturated carbocycles. The largest absolute Gasteiger partial charge is 0.480 e. The average Bonchev–Trinajstić information content (AvgIpc) is 2.75. The molecular formula is C22H25F3N4O5S. The number of nitrogens with two attached hydrogens (primary N) is 1. The molecule has 6 N–H and O–H groups in total. The summed E-state index contributed by atoms with van der Waals surface area (Å²) in [6.45, 7) is 0.969. The van der Waals surface area contributed by atoms with Crippen molar-refractivity contribution in [2.24, 2.45) is 5.73 Å². The van der Waals surface area contributed by atoms with Crippen LogP contribution in [0.2, 0.25) is 0 Å². The van der Waals surface area contributed by atoms with E-state index in [2.05, 4.69) is 5.32 Å². The molecule has 2 rings (SSSR count). The lowest BCUT2D eigenvalue weighted by molar-refractivity contribution is -0.139. The van der Waals surface area contributed by atoms with Gasteiger partial charge in [0.15, 0.2) is 0 Å². The first-order valence-electron chi connectivity index (χ1n) is 10.4. The molecule has 2 aromatic carbocycles. The Hall–Kier alpha value is -3.45. The molecule has 0 aliphatic rings. The molecule has 0 bridgehead atoms. The third-order valence-electron chi connectivity index (χ3n) is 4.96. The number of carbonyl (C=O) groups is 2. The van der Waals surface area contributed by atoms with Crippen LogP contribution in [0.25, 0.3) is 0 Å². The Morgan fingerprint density at radius 3 is 2.29 bits per heavy atom. The third-order valence-corrected chi connectivity index (χ3v) is 6.54. The molecule has 0 aliphatic carbocycles. The van der Waals surface area contributed by atoms with Gasteiger partial charge in [-0.1, -0.05) is 30.3 Å². The molecule has 0 heterocycles. The smallest absolute Gasteiger partial charge is 0.419 e. The van der Waals surface area contributed by atoms with Gasteiger partial charge in [-0.15, -0.1) is 0 Å². The van der Waals surface area contributed by atoms with Crippen molar-refractivity contribution in [1.82, 2.24) is 4.72 Å². The number of amidine groups is 1. The van der Waals surface area contributed by atoms with Crippen LogP contribution < -0.4 is 15.8 Å². The maximum absolute atomic E-state index is 13.8. The number of nitrogens with one attached hydrogen (secondary N) is 3. The van der Waals surface area contributed by atoms with Crippen molar-refractivity contribution in [1.29, 1.82) is 5.41 Å². The second kappa shape index (κ2) is 11.3. The van der Waals surface area contributed by atoms with E-state index in [1.54, 1.807) is 29.0 Å². The predicted molar refractivity (Wildman–Crippen MR) is 123 cm³/mol. The van der Waals surface area contributed by atoms with Crippen LogP contribution in [0.5, 0.6) is 0 Å². The maximum Gasteiger partial charge on any atom is 0.419 e. The molecule has 0 aromatic heterocycles. The number of benzene rings is 2. The van der Waals surface area contributed by atoms with Crippen molar-refractivity contribution in [2.75, 3.05) is 5.32 Å². The number of hydrogen-bond acceptors (Lipinski definition) is 5. The van der Waals surface area contributed by atoms with Crippen LogP contribution in [-0.2, 0) is 32.2 Å². The van der Waals surface area contributed by atoms with Gasteiger partial charge in [-0.3, -0.25) is 15.0 Å². The summed E-state index contributed by atoms with van der Waals surface area (Å²) in [7, 11) is -4.86. The number of anilines is 1. The van der Waals surface area contributed by atoms with E-state index in [0.29, 0.717) is 30.9 Å². The molecule has 9 nitrogen and oxygen atoms in total. The van der Waals surface area contributed by atoms with Crippen molar-refractivity contribution in [3.63, 3.8) is 0 Å².